The molecule has 1 aromatic heterocycles. The number of hydrogen-bond donors (Lipinski definition) is 1. The third kappa shape index (κ3) is 2.58. The summed E-state index contributed by atoms with van der Waals surface area (Å²) < 4.78 is 20.5. The molecule has 0 bridgehead atoms. The molecular weight excluding hydrogens is 409 g/mol. The largest absolute Gasteiger partial charge is 0.478 e. The SMILES string of the molecule is O=C(O)c1cc(Br)c2nc(-c3ccc(Br)cc3F)oc2c1. The number of halogens is 3. The summed E-state index contributed by atoms with van der Waals surface area (Å²) in [6.07, 6.45) is 0. The highest BCUT2D eigenvalue weighted by Crippen LogP contribution is 2.32. The van der Waals surface area contributed by atoms with Gasteiger partial charge in [-0.3, -0.25) is 0 Å². The topological polar surface area (TPSA) is 63.3 Å². The second kappa shape index (κ2) is 5.23. The first-order chi connectivity index (χ1) is 9.95. The van der Waals surface area contributed by atoms with E-state index < -0.39 is 11.8 Å². The Bertz CT molecular complexity index is 876. The molecule has 4 nitrogen and oxygen atoms in total. The molecular formula is C14H6Br2FNO3. The zero-order chi connectivity index (χ0) is 15.1. The van der Waals surface area contributed by atoms with E-state index in [1.54, 1.807) is 6.07 Å². The van der Waals surface area contributed by atoms with Crippen molar-refractivity contribution in [1.82, 2.24) is 4.98 Å². The van der Waals surface area contributed by atoms with Crippen molar-refractivity contribution in [2.45, 2.75) is 0 Å². The first kappa shape index (κ1) is 14.2. The molecule has 0 aliphatic heterocycles. The Balaban J connectivity index is 2.21. The average molecular weight is 415 g/mol. The molecule has 0 unspecified atom stereocenters. The van der Waals surface area contributed by atoms with E-state index in [2.05, 4.69) is 36.8 Å². The molecule has 0 amide bonds. The van der Waals surface area contributed by atoms with Gasteiger partial charge in [0, 0.05) is 8.95 Å². The number of benzene rings is 2. The third-order valence-corrected chi connectivity index (χ3v) is 3.95. The van der Waals surface area contributed by atoms with Crippen LogP contribution in [0.25, 0.3) is 22.6 Å². The molecule has 0 fully saturated rings. The van der Waals surface area contributed by atoms with Crippen LogP contribution in [0.2, 0.25) is 0 Å². The quantitative estimate of drug-likeness (QED) is 0.650. The van der Waals surface area contributed by atoms with Crippen LogP contribution in [0.1, 0.15) is 10.4 Å². The summed E-state index contributed by atoms with van der Waals surface area (Å²) in [5, 5.41) is 9.02. The second-order valence-electron chi connectivity index (χ2n) is 4.25. The van der Waals surface area contributed by atoms with Crippen LogP contribution < -0.4 is 0 Å². The lowest BCUT2D eigenvalue weighted by atomic mass is 10.2. The highest BCUT2D eigenvalue weighted by molar-refractivity contribution is 9.11. The zero-order valence-electron chi connectivity index (χ0n) is 10.2. The molecule has 21 heavy (non-hydrogen) atoms. The molecule has 0 aliphatic rings. The lowest BCUT2D eigenvalue weighted by Gasteiger charge is -1.98. The summed E-state index contributed by atoms with van der Waals surface area (Å²) in [4.78, 5) is 15.2. The van der Waals surface area contributed by atoms with E-state index >= 15 is 0 Å². The van der Waals surface area contributed by atoms with Gasteiger partial charge in [0.15, 0.2) is 5.58 Å². The van der Waals surface area contributed by atoms with Crippen molar-refractivity contribution in [1.29, 1.82) is 0 Å². The van der Waals surface area contributed by atoms with E-state index in [0.29, 0.717) is 14.5 Å². The minimum absolute atomic E-state index is 0.0633. The van der Waals surface area contributed by atoms with Crippen LogP contribution in [0.5, 0.6) is 0 Å². The molecule has 0 radical (unpaired) electrons. The first-order valence-corrected chi connectivity index (χ1v) is 7.33. The van der Waals surface area contributed by atoms with Crippen molar-refractivity contribution in [3.8, 4) is 11.5 Å². The number of rotatable bonds is 2. The van der Waals surface area contributed by atoms with Gasteiger partial charge in [-0.05, 0) is 46.3 Å². The van der Waals surface area contributed by atoms with Crippen LogP contribution in [-0.2, 0) is 0 Å². The molecule has 0 saturated heterocycles. The summed E-state index contributed by atoms with van der Waals surface area (Å²) >= 11 is 6.42. The maximum absolute atomic E-state index is 13.9. The monoisotopic (exact) mass is 413 g/mol. The van der Waals surface area contributed by atoms with E-state index in [0.717, 1.165) is 0 Å². The Morgan fingerprint density at radius 3 is 2.67 bits per heavy atom. The van der Waals surface area contributed by atoms with E-state index in [-0.39, 0.29) is 22.6 Å². The average Bonchev–Trinajstić information content (AvgIpc) is 2.82. The van der Waals surface area contributed by atoms with E-state index in [1.807, 2.05) is 0 Å². The van der Waals surface area contributed by atoms with Crippen molar-refractivity contribution < 1.29 is 18.7 Å². The van der Waals surface area contributed by atoms with Gasteiger partial charge in [0.1, 0.15) is 11.3 Å². The van der Waals surface area contributed by atoms with Crippen LogP contribution in [0.15, 0.2) is 43.7 Å². The lowest BCUT2D eigenvalue weighted by Crippen LogP contribution is -1.95. The van der Waals surface area contributed by atoms with E-state index in [4.69, 9.17) is 9.52 Å². The van der Waals surface area contributed by atoms with Gasteiger partial charge in [-0.15, -0.1) is 0 Å². The van der Waals surface area contributed by atoms with Gasteiger partial charge < -0.3 is 9.52 Å². The summed E-state index contributed by atoms with van der Waals surface area (Å²) in [5.74, 6) is -1.46. The van der Waals surface area contributed by atoms with Gasteiger partial charge in [0.05, 0.1) is 11.1 Å². The molecule has 0 spiro atoms. The van der Waals surface area contributed by atoms with Gasteiger partial charge in [-0.2, -0.15) is 0 Å². The van der Waals surface area contributed by atoms with E-state index in [9.17, 15) is 9.18 Å². The summed E-state index contributed by atoms with van der Waals surface area (Å²) in [7, 11) is 0. The van der Waals surface area contributed by atoms with Crippen LogP contribution in [0.3, 0.4) is 0 Å². The number of carbonyl (C=O) groups is 1. The molecule has 1 heterocycles. The number of nitrogens with zero attached hydrogens (tertiary/aromatic N) is 1. The standard InChI is InChI=1S/C14H6Br2FNO3/c15-7-1-2-8(10(17)5-7)13-18-12-9(16)3-6(14(19)20)4-11(12)21-13/h1-5H,(H,19,20). The lowest BCUT2D eigenvalue weighted by molar-refractivity contribution is 0.0697. The Morgan fingerprint density at radius 2 is 2.00 bits per heavy atom. The number of oxazole rings is 1. The van der Waals surface area contributed by atoms with Crippen LogP contribution in [-0.4, -0.2) is 16.1 Å². The Hall–Kier alpha value is -1.73. The fourth-order valence-corrected chi connectivity index (χ4v) is 2.75. The predicted octanol–water partition coefficient (Wildman–Crippen LogP) is 4.86. The molecule has 2 aromatic carbocycles. The highest BCUT2D eigenvalue weighted by atomic mass is 79.9. The van der Waals surface area contributed by atoms with Crippen molar-refractivity contribution in [2.24, 2.45) is 0 Å². The summed E-state index contributed by atoms with van der Waals surface area (Å²) in [6.45, 7) is 0. The Morgan fingerprint density at radius 1 is 1.24 bits per heavy atom. The van der Waals surface area contributed by atoms with E-state index in [1.165, 1.54) is 24.3 Å². The van der Waals surface area contributed by atoms with Crippen molar-refractivity contribution in [3.63, 3.8) is 0 Å². The van der Waals surface area contributed by atoms with Gasteiger partial charge in [-0.25, -0.2) is 14.2 Å². The fraction of sp³-hybridized carbons (Fsp3) is 0. The summed E-state index contributed by atoms with van der Waals surface area (Å²) in [5.41, 5.74) is 0.989. The molecule has 1 N–H and O–H groups in total. The molecule has 0 saturated carbocycles. The van der Waals surface area contributed by atoms with Gasteiger partial charge in [-0.1, -0.05) is 15.9 Å². The maximum Gasteiger partial charge on any atom is 0.335 e. The van der Waals surface area contributed by atoms with Gasteiger partial charge in [0.25, 0.3) is 0 Å². The number of aromatic nitrogens is 1. The molecule has 3 aromatic rings. The molecule has 0 atom stereocenters. The highest BCUT2D eigenvalue weighted by Gasteiger charge is 2.17. The normalized spacial score (nSPS) is 11.0. The minimum atomic E-state index is -1.08. The number of fused-ring (bicyclic) bond motifs is 1. The second-order valence-corrected chi connectivity index (χ2v) is 6.02. The van der Waals surface area contributed by atoms with Crippen LogP contribution >= 0.6 is 31.9 Å². The Labute approximate surface area is 134 Å². The van der Waals surface area contributed by atoms with Crippen molar-refractivity contribution in [2.75, 3.05) is 0 Å². The van der Waals surface area contributed by atoms with Crippen molar-refractivity contribution >= 4 is 48.9 Å². The van der Waals surface area contributed by atoms with Crippen LogP contribution in [0.4, 0.5) is 4.39 Å². The minimum Gasteiger partial charge on any atom is -0.478 e. The molecule has 0 aliphatic carbocycles. The third-order valence-electron chi connectivity index (χ3n) is 2.86. The van der Waals surface area contributed by atoms with Gasteiger partial charge >= 0.3 is 5.97 Å². The molecule has 7 heteroatoms. The fourth-order valence-electron chi connectivity index (χ4n) is 1.89. The maximum atomic E-state index is 13.9. The summed E-state index contributed by atoms with van der Waals surface area (Å²) in [6, 6.07) is 7.30. The zero-order valence-corrected chi connectivity index (χ0v) is 13.4. The van der Waals surface area contributed by atoms with Crippen molar-refractivity contribution in [3.05, 3.63) is 50.7 Å². The molecule has 106 valence electrons. The molecule has 3 rings (SSSR count). The Kier molecular flexibility index (Phi) is 3.54. The smallest absolute Gasteiger partial charge is 0.335 e. The first-order valence-electron chi connectivity index (χ1n) is 5.74. The number of hydrogen-bond acceptors (Lipinski definition) is 3. The number of carboxylic acids is 1. The van der Waals surface area contributed by atoms with Gasteiger partial charge in [0.2, 0.25) is 5.89 Å². The predicted molar refractivity (Wildman–Crippen MR) is 81.8 cm³/mol. The van der Waals surface area contributed by atoms with Crippen LogP contribution in [0, 0.1) is 5.82 Å². The number of aromatic carboxylic acids is 1. The number of carboxylic acid groups (broad SMARTS) is 1.